The fourth-order valence-corrected chi connectivity index (χ4v) is 3.83. The predicted octanol–water partition coefficient (Wildman–Crippen LogP) is 2.15. The van der Waals surface area contributed by atoms with Crippen LogP contribution in [0.25, 0.3) is 10.9 Å². The Hall–Kier alpha value is -2.64. The normalized spacial score (nSPS) is 11.2. The Balaban J connectivity index is 1.81. The smallest absolute Gasteiger partial charge is 0.253 e. The highest BCUT2D eigenvalue weighted by Gasteiger charge is 2.15. The first-order valence-corrected chi connectivity index (χ1v) is 10.7. The molecule has 6 nitrogen and oxygen atoms in total. The second kappa shape index (κ2) is 9.91. The molecule has 30 heavy (non-hydrogen) atoms. The number of aryl methyl sites for hydroxylation is 2. The first-order chi connectivity index (χ1) is 14.3. The molecule has 2 aromatic heterocycles. The van der Waals surface area contributed by atoms with Crippen molar-refractivity contribution in [1.29, 1.82) is 0 Å². The van der Waals surface area contributed by atoms with Crippen molar-refractivity contribution in [2.45, 2.75) is 33.4 Å². The Morgan fingerprint density at radius 3 is 2.77 bits per heavy atom. The molecule has 7 heteroatoms. The van der Waals surface area contributed by atoms with Gasteiger partial charge in [-0.1, -0.05) is 6.07 Å². The number of rotatable bonds is 8. The summed E-state index contributed by atoms with van der Waals surface area (Å²) in [6.45, 7) is 6.91. The summed E-state index contributed by atoms with van der Waals surface area (Å²) in [4.78, 5) is 19.3. The van der Waals surface area contributed by atoms with Crippen LogP contribution in [0, 0.1) is 13.8 Å². The van der Waals surface area contributed by atoms with E-state index in [9.17, 15) is 4.79 Å². The van der Waals surface area contributed by atoms with E-state index in [0.29, 0.717) is 23.8 Å². The summed E-state index contributed by atoms with van der Waals surface area (Å²) in [7, 11) is 4.27. The molecule has 2 heterocycles. The largest absolute Gasteiger partial charge is 0.467 e. The number of furan rings is 1. The molecule has 0 aliphatic heterocycles. The van der Waals surface area contributed by atoms with Crippen LogP contribution in [0.5, 0.6) is 0 Å². The number of aromatic nitrogens is 1. The maximum Gasteiger partial charge on any atom is 0.253 e. The fraction of sp³-hybridized carbons (Fsp3) is 0.391. The van der Waals surface area contributed by atoms with Crippen LogP contribution in [0.3, 0.4) is 0 Å². The van der Waals surface area contributed by atoms with E-state index in [1.54, 1.807) is 6.26 Å². The van der Waals surface area contributed by atoms with Gasteiger partial charge in [-0.15, -0.1) is 0 Å². The Bertz CT molecular complexity index is 1060. The highest BCUT2D eigenvalue weighted by molar-refractivity contribution is 7.80. The molecule has 0 radical (unpaired) electrons. The quantitative estimate of drug-likeness (QED) is 0.481. The Morgan fingerprint density at radius 2 is 2.07 bits per heavy atom. The van der Waals surface area contributed by atoms with E-state index in [1.165, 1.54) is 4.90 Å². The summed E-state index contributed by atoms with van der Waals surface area (Å²) in [5.41, 5.74) is 3.82. The number of aromatic amines is 1. The molecule has 0 amide bonds. The van der Waals surface area contributed by atoms with Crippen molar-refractivity contribution >= 4 is 28.2 Å². The number of nitrogens with zero attached hydrogens (tertiary/aromatic N) is 1. The minimum Gasteiger partial charge on any atom is -0.467 e. The predicted molar refractivity (Wildman–Crippen MR) is 125 cm³/mol. The summed E-state index contributed by atoms with van der Waals surface area (Å²) in [6.07, 6.45) is 2.63. The molecule has 0 saturated carbocycles. The first kappa shape index (κ1) is 22.1. The van der Waals surface area contributed by atoms with Crippen LogP contribution < -0.4 is 15.8 Å². The van der Waals surface area contributed by atoms with E-state index in [2.05, 4.69) is 42.3 Å². The molecule has 1 aromatic carbocycles. The number of H-pyrrole nitrogens is 1. The maximum absolute atomic E-state index is 12.8. The highest BCUT2D eigenvalue weighted by atomic mass is 32.1. The minimum atomic E-state index is -0.0652. The second-order valence-corrected chi connectivity index (χ2v) is 8.52. The van der Waals surface area contributed by atoms with Crippen molar-refractivity contribution in [2.24, 2.45) is 0 Å². The Kier molecular flexibility index (Phi) is 7.29. The molecule has 3 N–H and O–H groups in total. The number of nitrogens with one attached hydrogen (secondary N) is 3. The van der Waals surface area contributed by atoms with Gasteiger partial charge in [0.05, 0.1) is 40.0 Å². The van der Waals surface area contributed by atoms with Gasteiger partial charge in [0.15, 0.2) is 5.11 Å². The van der Waals surface area contributed by atoms with Gasteiger partial charge in [-0.05, 0) is 61.5 Å². The van der Waals surface area contributed by atoms with Crippen LogP contribution in [-0.2, 0) is 13.1 Å². The van der Waals surface area contributed by atoms with Gasteiger partial charge in [-0.3, -0.25) is 4.79 Å². The van der Waals surface area contributed by atoms with Crippen LogP contribution in [0.15, 0.2) is 45.8 Å². The van der Waals surface area contributed by atoms with Crippen molar-refractivity contribution in [2.75, 3.05) is 27.2 Å². The molecule has 0 bridgehead atoms. The van der Waals surface area contributed by atoms with Crippen LogP contribution >= 0.6 is 12.2 Å². The third kappa shape index (κ3) is 5.70. The van der Waals surface area contributed by atoms with Crippen LogP contribution in [0.2, 0.25) is 0 Å². The number of fused-ring (bicyclic) bond motifs is 1. The molecular formula is C23H31N4O2S+. The topological polar surface area (TPSA) is 65.7 Å². The standard InChI is InChI=1S/C23H30N4O2S/c1-16-11-17(2)20-13-18(22(28)25-21(20)12-16)15-27(9-6-8-26(3)4)23(30)24-14-19-7-5-10-29-19/h5,7,10-13H,6,8-9,14-15H2,1-4H3,(H,24,30)(H,25,28)/p+1. The van der Waals surface area contributed by atoms with Gasteiger partial charge in [0.1, 0.15) is 5.76 Å². The van der Waals surface area contributed by atoms with E-state index >= 15 is 0 Å². The molecule has 0 spiro atoms. The monoisotopic (exact) mass is 427 g/mol. The van der Waals surface area contributed by atoms with E-state index in [-0.39, 0.29) is 5.56 Å². The molecule has 0 aliphatic rings. The van der Waals surface area contributed by atoms with Gasteiger partial charge < -0.3 is 24.5 Å². The van der Waals surface area contributed by atoms with Crippen molar-refractivity contribution < 1.29 is 9.32 Å². The van der Waals surface area contributed by atoms with E-state index in [1.807, 2.05) is 31.2 Å². The summed E-state index contributed by atoms with van der Waals surface area (Å²) >= 11 is 5.66. The van der Waals surface area contributed by atoms with Crippen LogP contribution in [-0.4, -0.2) is 42.2 Å². The summed E-state index contributed by atoms with van der Waals surface area (Å²) in [6, 6.07) is 9.92. The molecule has 0 atom stereocenters. The Labute approximate surface area is 182 Å². The fourth-order valence-electron chi connectivity index (χ4n) is 3.60. The molecule has 0 unspecified atom stereocenters. The summed E-state index contributed by atoms with van der Waals surface area (Å²) < 4.78 is 5.39. The number of benzene rings is 1. The zero-order chi connectivity index (χ0) is 21.7. The van der Waals surface area contributed by atoms with E-state index in [4.69, 9.17) is 16.6 Å². The zero-order valence-corrected chi connectivity index (χ0v) is 19.0. The maximum atomic E-state index is 12.8. The lowest BCUT2D eigenvalue weighted by molar-refractivity contribution is -0.858. The summed E-state index contributed by atoms with van der Waals surface area (Å²) in [5, 5.41) is 4.96. The van der Waals surface area contributed by atoms with Gasteiger partial charge in [0.2, 0.25) is 0 Å². The third-order valence-corrected chi connectivity index (χ3v) is 5.54. The SMILES string of the molecule is Cc1cc(C)c2cc(CN(CCC[NH+](C)C)C(=S)NCc3ccco3)c(=O)[nH]c2c1. The molecule has 0 fully saturated rings. The van der Waals surface area contributed by atoms with Gasteiger partial charge >= 0.3 is 0 Å². The average Bonchev–Trinajstić information content (AvgIpc) is 3.19. The summed E-state index contributed by atoms with van der Waals surface area (Å²) in [5.74, 6) is 0.824. The van der Waals surface area contributed by atoms with Crippen molar-refractivity contribution in [1.82, 2.24) is 15.2 Å². The second-order valence-electron chi connectivity index (χ2n) is 8.14. The zero-order valence-electron chi connectivity index (χ0n) is 18.2. The highest BCUT2D eigenvalue weighted by Crippen LogP contribution is 2.19. The van der Waals surface area contributed by atoms with Crippen molar-refractivity contribution in [3.8, 4) is 0 Å². The van der Waals surface area contributed by atoms with Gasteiger partial charge in [-0.25, -0.2) is 0 Å². The molecule has 160 valence electrons. The Morgan fingerprint density at radius 1 is 1.27 bits per heavy atom. The average molecular weight is 428 g/mol. The number of quaternary nitrogens is 1. The van der Waals surface area contributed by atoms with Crippen LogP contribution in [0.4, 0.5) is 0 Å². The number of hydrogen-bond acceptors (Lipinski definition) is 3. The lowest BCUT2D eigenvalue weighted by Gasteiger charge is -2.26. The molecule has 0 aliphatic carbocycles. The van der Waals surface area contributed by atoms with E-state index in [0.717, 1.165) is 47.3 Å². The molecular weight excluding hydrogens is 396 g/mol. The lowest BCUT2D eigenvalue weighted by Crippen LogP contribution is -3.05. The number of thiocarbonyl (C=S) groups is 1. The molecule has 3 rings (SSSR count). The van der Waals surface area contributed by atoms with E-state index < -0.39 is 0 Å². The number of hydrogen-bond donors (Lipinski definition) is 3. The van der Waals surface area contributed by atoms with Crippen molar-refractivity contribution in [3.63, 3.8) is 0 Å². The number of pyridine rings is 1. The first-order valence-electron chi connectivity index (χ1n) is 10.3. The van der Waals surface area contributed by atoms with Crippen LogP contribution in [0.1, 0.15) is 28.9 Å². The van der Waals surface area contributed by atoms with Gasteiger partial charge in [0.25, 0.3) is 5.56 Å². The van der Waals surface area contributed by atoms with Gasteiger partial charge in [-0.2, -0.15) is 0 Å². The molecule has 3 aromatic rings. The van der Waals surface area contributed by atoms with Gasteiger partial charge in [0, 0.05) is 29.4 Å². The lowest BCUT2D eigenvalue weighted by atomic mass is 10.0. The molecule has 0 saturated heterocycles. The third-order valence-electron chi connectivity index (χ3n) is 5.14. The van der Waals surface area contributed by atoms with Crippen molar-refractivity contribution in [3.05, 3.63) is 69.4 Å². The minimum absolute atomic E-state index is 0.0652.